The number of aliphatic hydroxyl groups is 2. The Morgan fingerprint density at radius 2 is 1.68 bits per heavy atom. The quantitative estimate of drug-likeness (QED) is 0.355. The van der Waals surface area contributed by atoms with Gasteiger partial charge in [-0.3, -0.25) is 14.6 Å². The third-order valence-corrected chi connectivity index (χ3v) is 8.28. The highest BCUT2D eigenvalue weighted by Gasteiger charge is 2.57. The number of aromatic nitrogens is 1. The maximum absolute atomic E-state index is 13.1. The van der Waals surface area contributed by atoms with Crippen molar-refractivity contribution in [3.05, 3.63) is 54.4 Å². The van der Waals surface area contributed by atoms with Crippen LogP contribution in [-0.2, 0) is 24.7 Å². The number of carbonyl (C=O) groups is 2. The molecule has 218 valence electrons. The van der Waals surface area contributed by atoms with Gasteiger partial charge in [-0.2, -0.15) is 0 Å². The Morgan fingerprint density at radius 1 is 1.02 bits per heavy atom. The zero-order chi connectivity index (χ0) is 28.4. The summed E-state index contributed by atoms with van der Waals surface area (Å²) in [6, 6.07) is 11.1. The first-order valence-electron chi connectivity index (χ1n) is 14.1. The molecule has 3 heterocycles. The number of aliphatic hydroxyl groups excluding tert-OH is 1. The van der Waals surface area contributed by atoms with Gasteiger partial charge in [0.2, 0.25) is 0 Å². The Morgan fingerprint density at radius 3 is 2.27 bits per heavy atom. The van der Waals surface area contributed by atoms with E-state index in [1.807, 2.05) is 30.5 Å². The number of nitrogens with zero attached hydrogens (tertiary/aromatic N) is 2. The fourth-order valence-corrected chi connectivity index (χ4v) is 5.73. The lowest BCUT2D eigenvalue weighted by Gasteiger charge is -2.51. The number of likely N-dealkylation sites (tertiary alicyclic amines) is 1. The number of ether oxygens (including phenoxy) is 3. The molecule has 0 radical (unpaired) electrons. The first-order valence-corrected chi connectivity index (χ1v) is 15.3. The normalized spacial score (nSPS) is 23.7. The number of esters is 2. The van der Waals surface area contributed by atoms with Gasteiger partial charge >= 0.3 is 17.8 Å². The molecule has 1 aromatic heterocycles. The number of benzene rings is 1. The van der Waals surface area contributed by atoms with Gasteiger partial charge in [0.15, 0.2) is 0 Å². The first kappa shape index (κ1) is 30.3. The van der Waals surface area contributed by atoms with Crippen LogP contribution in [0.3, 0.4) is 0 Å². The molecule has 40 heavy (non-hydrogen) atoms. The highest BCUT2D eigenvalue weighted by molar-refractivity contribution is 7.98. The van der Waals surface area contributed by atoms with Crippen LogP contribution in [0.25, 0.3) is 0 Å². The summed E-state index contributed by atoms with van der Waals surface area (Å²) in [5, 5.41) is 23.1. The monoisotopic (exact) mass is 572 g/mol. The second-order valence-electron chi connectivity index (χ2n) is 10.5. The van der Waals surface area contributed by atoms with Crippen LogP contribution in [0, 0.1) is 0 Å². The summed E-state index contributed by atoms with van der Waals surface area (Å²) in [5.41, 5.74) is -0.968. The van der Waals surface area contributed by atoms with E-state index in [1.165, 1.54) is 4.90 Å². The Hall–Kier alpha value is -2.66. The molecule has 0 bridgehead atoms. The van der Waals surface area contributed by atoms with Gasteiger partial charge in [0.05, 0.1) is 13.0 Å². The van der Waals surface area contributed by atoms with E-state index in [1.54, 1.807) is 36.3 Å². The van der Waals surface area contributed by atoms with Gasteiger partial charge in [-0.05, 0) is 55.9 Å². The smallest absolute Gasteiger partial charge is 0.325 e. The third-order valence-electron chi connectivity index (χ3n) is 7.54. The van der Waals surface area contributed by atoms with Crippen molar-refractivity contribution in [1.29, 1.82) is 0 Å². The fraction of sp³-hybridized carbons (Fsp3) is 0.567. The van der Waals surface area contributed by atoms with E-state index in [0.29, 0.717) is 24.2 Å². The van der Waals surface area contributed by atoms with Crippen molar-refractivity contribution in [1.82, 2.24) is 9.88 Å². The van der Waals surface area contributed by atoms with Gasteiger partial charge in [0.1, 0.15) is 17.6 Å². The number of thioether (sulfide) groups is 1. The number of pyridine rings is 1. The van der Waals surface area contributed by atoms with E-state index >= 15 is 0 Å². The SMILES string of the molecule is CSc1ccc(OCCC(O)N2CCC(O)(c3cccnc3)CC23OC(=O)CCCCCCCCC(=O)O3)cc1. The standard InChI is InChI=1S/C30H40N2O7S/c1-40-25-14-12-24(13-15-25)37-20-16-26(33)32-19-17-29(36,23-9-8-18-31-21-23)22-30(32)38-27(34)10-6-4-2-3-5-7-11-28(35)39-30/h8-9,12-15,18,21,26,33,36H,2-7,10-11,16-17,19-20,22H2,1H3. The van der Waals surface area contributed by atoms with E-state index in [-0.39, 0.29) is 45.3 Å². The van der Waals surface area contributed by atoms with Crippen molar-refractivity contribution >= 4 is 23.7 Å². The largest absolute Gasteiger partial charge is 0.493 e. The zero-order valence-electron chi connectivity index (χ0n) is 23.1. The van der Waals surface area contributed by atoms with E-state index in [9.17, 15) is 19.8 Å². The Kier molecular flexibility index (Phi) is 10.8. The molecule has 1 aromatic carbocycles. The Labute approximate surface area is 240 Å². The van der Waals surface area contributed by atoms with E-state index in [2.05, 4.69) is 4.98 Å². The fourth-order valence-electron chi connectivity index (χ4n) is 5.32. The molecule has 2 saturated heterocycles. The number of hydrogen-bond donors (Lipinski definition) is 2. The predicted octanol–water partition coefficient (Wildman–Crippen LogP) is 4.75. The number of rotatable bonds is 7. The van der Waals surface area contributed by atoms with Gasteiger partial charge in [-0.15, -0.1) is 11.8 Å². The van der Waals surface area contributed by atoms with Crippen molar-refractivity contribution in [2.45, 2.75) is 93.3 Å². The summed E-state index contributed by atoms with van der Waals surface area (Å²) in [6.07, 6.45) is 9.48. The highest BCUT2D eigenvalue weighted by Crippen LogP contribution is 2.44. The molecule has 1 spiro atoms. The molecule has 10 heteroatoms. The molecule has 4 rings (SSSR count). The van der Waals surface area contributed by atoms with Crippen LogP contribution in [-0.4, -0.2) is 63.6 Å². The second kappa shape index (κ2) is 14.3. The van der Waals surface area contributed by atoms with Crippen LogP contribution in [0.4, 0.5) is 0 Å². The van der Waals surface area contributed by atoms with Crippen molar-refractivity contribution in [3.63, 3.8) is 0 Å². The maximum atomic E-state index is 13.1. The van der Waals surface area contributed by atoms with E-state index in [4.69, 9.17) is 14.2 Å². The van der Waals surface area contributed by atoms with E-state index < -0.39 is 29.7 Å². The molecular weight excluding hydrogens is 532 g/mol. The van der Waals surface area contributed by atoms with Crippen molar-refractivity contribution in [2.75, 3.05) is 19.4 Å². The average molecular weight is 573 g/mol. The van der Waals surface area contributed by atoms with Crippen molar-refractivity contribution in [2.24, 2.45) is 0 Å². The van der Waals surface area contributed by atoms with Gasteiger partial charge in [-0.1, -0.05) is 31.7 Å². The molecule has 2 aromatic rings. The highest BCUT2D eigenvalue weighted by atomic mass is 32.2. The third kappa shape index (κ3) is 7.96. The molecule has 0 saturated carbocycles. The molecule has 2 aliphatic heterocycles. The summed E-state index contributed by atoms with van der Waals surface area (Å²) >= 11 is 1.64. The minimum absolute atomic E-state index is 0.107. The summed E-state index contributed by atoms with van der Waals surface area (Å²) in [6.45, 7) is 0.288. The molecule has 0 amide bonds. The van der Waals surface area contributed by atoms with Crippen molar-refractivity contribution in [3.8, 4) is 5.75 Å². The zero-order valence-corrected chi connectivity index (χ0v) is 23.9. The molecule has 2 atom stereocenters. The van der Waals surface area contributed by atoms with Crippen LogP contribution in [0.1, 0.15) is 76.2 Å². The lowest BCUT2D eigenvalue weighted by molar-refractivity contribution is -0.345. The molecule has 9 nitrogen and oxygen atoms in total. The molecule has 2 N–H and O–H groups in total. The van der Waals surface area contributed by atoms with Crippen LogP contribution in [0.15, 0.2) is 53.7 Å². The van der Waals surface area contributed by atoms with Crippen LogP contribution < -0.4 is 4.74 Å². The lowest BCUT2D eigenvalue weighted by atomic mass is 9.82. The predicted molar refractivity (Wildman–Crippen MR) is 150 cm³/mol. The topological polar surface area (TPSA) is 118 Å². The van der Waals surface area contributed by atoms with Crippen molar-refractivity contribution < 1.29 is 34.0 Å². The maximum Gasteiger partial charge on any atom is 0.325 e. The van der Waals surface area contributed by atoms with Gasteiger partial charge in [0.25, 0.3) is 0 Å². The summed E-state index contributed by atoms with van der Waals surface area (Å²) < 4.78 is 17.8. The molecule has 2 fully saturated rings. The van der Waals surface area contributed by atoms with E-state index in [0.717, 1.165) is 30.6 Å². The number of hydrogen-bond acceptors (Lipinski definition) is 10. The summed E-state index contributed by atoms with van der Waals surface area (Å²) in [4.78, 5) is 32.9. The van der Waals surface area contributed by atoms with Gasteiger partial charge in [0, 0.05) is 48.7 Å². The minimum atomic E-state index is -1.98. The molecular formula is C30H40N2O7S. The summed E-state index contributed by atoms with van der Waals surface area (Å²) in [5.74, 6) is -2.39. The number of piperidine rings is 1. The molecule has 2 aliphatic rings. The number of carbonyl (C=O) groups excluding carboxylic acids is 2. The minimum Gasteiger partial charge on any atom is -0.493 e. The van der Waals surface area contributed by atoms with Crippen LogP contribution in [0.5, 0.6) is 5.75 Å². The van der Waals surface area contributed by atoms with Gasteiger partial charge < -0.3 is 24.4 Å². The van der Waals surface area contributed by atoms with Gasteiger partial charge in [-0.25, -0.2) is 4.90 Å². The summed E-state index contributed by atoms with van der Waals surface area (Å²) in [7, 11) is 0. The lowest BCUT2D eigenvalue weighted by Crippen LogP contribution is -2.65. The van der Waals surface area contributed by atoms with Crippen LogP contribution >= 0.6 is 11.8 Å². The molecule has 2 unspecified atom stereocenters. The average Bonchev–Trinajstić information content (AvgIpc) is 2.96. The molecule has 0 aliphatic carbocycles. The second-order valence-corrected chi connectivity index (χ2v) is 11.3. The Bertz CT molecular complexity index is 1080. The first-order chi connectivity index (χ1) is 19.3. The Balaban J connectivity index is 1.58. The van der Waals surface area contributed by atoms with Crippen LogP contribution in [0.2, 0.25) is 0 Å².